The van der Waals surface area contributed by atoms with Crippen molar-refractivity contribution in [2.75, 3.05) is 26.2 Å². The second-order valence-electron chi connectivity index (χ2n) is 7.21. The number of likely N-dealkylation sites (tertiary alicyclic amines) is 1. The summed E-state index contributed by atoms with van der Waals surface area (Å²) < 4.78 is 124. The molecule has 9 nitrogen and oxygen atoms in total. The molecule has 0 bridgehead atoms. The first kappa shape index (κ1) is 34.6. The van der Waals surface area contributed by atoms with E-state index in [1.54, 1.807) is 0 Å². The van der Waals surface area contributed by atoms with Crippen LogP contribution in [0.1, 0.15) is 37.3 Å². The zero-order valence-corrected chi connectivity index (χ0v) is 20.8. The molecule has 3 rings (SSSR count). The Labute approximate surface area is 214 Å². The van der Waals surface area contributed by atoms with Crippen LogP contribution in [0, 0.1) is 0 Å². The van der Waals surface area contributed by atoms with Crippen LogP contribution in [0.3, 0.4) is 0 Å². The number of benzene rings is 1. The maximum Gasteiger partial charge on any atom is 2.00 e. The normalized spacial score (nSPS) is 18.9. The molecule has 0 amide bonds. The zero-order valence-electron chi connectivity index (χ0n) is 18.3. The SMILES string of the molecule is O=S(=O)([O-])C(F)(F)F.O=S(=O)([O-])C(F)(F)F.[Cu+2].c1ccc([C@H]2COC(CCN3CCCCC3)=N2)cc1. The monoisotopic (exact) mass is 619 g/mol. The smallest absolute Gasteiger partial charge is 0.741 e. The number of aliphatic imine (C=N–C) groups is 1. The van der Waals surface area contributed by atoms with Gasteiger partial charge >= 0.3 is 28.1 Å². The van der Waals surface area contributed by atoms with Crippen LogP contribution in [-0.4, -0.2) is 74.0 Å². The van der Waals surface area contributed by atoms with Gasteiger partial charge in [-0.3, -0.25) is 0 Å². The van der Waals surface area contributed by atoms with Crippen molar-refractivity contribution in [1.29, 1.82) is 0 Å². The summed E-state index contributed by atoms with van der Waals surface area (Å²) in [5.74, 6) is 0.944. The van der Waals surface area contributed by atoms with E-state index in [2.05, 4.69) is 29.2 Å². The van der Waals surface area contributed by atoms with E-state index in [1.807, 2.05) is 6.07 Å². The quantitative estimate of drug-likeness (QED) is 0.217. The number of hydrogen-bond acceptors (Lipinski definition) is 9. The van der Waals surface area contributed by atoms with Crippen LogP contribution < -0.4 is 0 Å². The molecule has 1 aromatic carbocycles. The van der Waals surface area contributed by atoms with Gasteiger partial charge in [-0.05, 0) is 31.5 Å². The molecule has 0 aromatic heterocycles. The van der Waals surface area contributed by atoms with Gasteiger partial charge in [0.1, 0.15) is 12.6 Å². The van der Waals surface area contributed by atoms with Crippen LogP contribution in [0.4, 0.5) is 26.3 Å². The first-order valence-corrected chi connectivity index (χ1v) is 12.7. The molecule has 1 radical (unpaired) electrons. The van der Waals surface area contributed by atoms with Crippen molar-refractivity contribution in [3.63, 3.8) is 0 Å². The van der Waals surface area contributed by atoms with Gasteiger partial charge in [-0.1, -0.05) is 36.8 Å². The molecule has 1 aromatic rings. The Kier molecular flexibility index (Phi) is 13.9. The molecule has 36 heavy (non-hydrogen) atoms. The van der Waals surface area contributed by atoms with Crippen molar-refractivity contribution in [3.8, 4) is 0 Å². The standard InChI is InChI=1S/C16H22N2O.2CHF3O3S.Cu/c1-3-7-14(8-4-1)15-13-19-16(17-15)9-12-18-10-5-2-6-11-18;2*2-1(3,4)8(5,6)7;/h1,3-4,7-8,15H,2,5-6,9-13H2;2*(H,5,6,7);/q;;;+2/p-2/t15-;;;/m1.../s1. The summed E-state index contributed by atoms with van der Waals surface area (Å²) in [6.07, 6.45) is 5.05. The average molecular weight is 620 g/mol. The predicted octanol–water partition coefficient (Wildman–Crippen LogP) is 3.13. The first-order valence-electron chi connectivity index (χ1n) is 9.93. The van der Waals surface area contributed by atoms with Gasteiger partial charge in [0.05, 0.1) is 0 Å². The molecule has 1 fully saturated rings. The Hall–Kier alpha value is -1.43. The van der Waals surface area contributed by atoms with Crippen LogP contribution in [0.25, 0.3) is 0 Å². The Morgan fingerprint density at radius 1 is 0.889 bits per heavy atom. The minimum atomic E-state index is -6.09. The van der Waals surface area contributed by atoms with E-state index in [4.69, 9.17) is 35.7 Å². The molecular weight excluding hydrogens is 598 g/mol. The van der Waals surface area contributed by atoms with Gasteiger partial charge in [0.15, 0.2) is 26.1 Å². The Morgan fingerprint density at radius 3 is 1.75 bits per heavy atom. The van der Waals surface area contributed by atoms with Gasteiger partial charge in [0.25, 0.3) is 0 Å². The molecule has 0 saturated carbocycles. The molecule has 0 N–H and O–H groups in total. The van der Waals surface area contributed by atoms with Gasteiger partial charge in [-0.25, -0.2) is 21.8 Å². The van der Waals surface area contributed by atoms with Crippen LogP contribution in [-0.2, 0) is 42.0 Å². The Bertz CT molecular complexity index is 988. The van der Waals surface area contributed by atoms with Crippen molar-refractivity contribution in [3.05, 3.63) is 35.9 Å². The molecule has 2 aliphatic rings. The van der Waals surface area contributed by atoms with Crippen molar-refractivity contribution in [2.24, 2.45) is 4.99 Å². The number of piperidine rings is 1. The van der Waals surface area contributed by atoms with E-state index in [1.165, 1.54) is 37.9 Å². The fourth-order valence-electron chi connectivity index (χ4n) is 2.84. The van der Waals surface area contributed by atoms with E-state index in [-0.39, 0.29) is 23.1 Å². The fourth-order valence-corrected chi connectivity index (χ4v) is 2.84. The summed E-state index contributed by atoms with van der Waals surface area (Å²) in [5.41, 5.74) is -10.0. The molecule has 0 unspecified atom stereocenters. The van der Waals surface area contributed by atoms with Gasteiger partial charge in [-0.15, -0.1) is 0 Å². The second-order valence-corrected chi connectivity index (χ2v) is 9.95. The van der Waals surface area contributed by atoms with Crippen molar-refractivity contribution in [2.45, 2.75) is 42.7 Å². The Balaban J connectivity index is 0.000000607. The van der Waals surface area contributed by atoms with E-state index in [0.29, 0.717) is 6.61 Å². The zero-order chi connectivity index (χ0) is 26.9. The number of nitrogens with zero attached hydrogens (tertiary/aromatic N) is 2. The first-order chi connectivity index (χ1) is 15.9. The topological polar surface area (TPSA) is 139 Å². The summed E-state index contributed by atoms with van der Waals surface area (Å²) in [6, 6.07) is 10.6. The third kappa shape index (κ3) is 12.7. The number of hydrogen-bond donors (Lipinski definition) is 0. The van der Waals surface area contributed by atoms with Crippen molar-refractivity contribution in [1.82, 2.24) is 4.90 Å². The number of halogens is 6. The van der Waals surface area contributed by atoms with Gasteiger partial charge in [-0.2, -0.15) is 26.3 Å². The van der Waals surface area contributed by atoms with Gasteiger partial charge in [0, 0.05) is 13.0 Å². The summed E-state index contributed by atoms with van der Waals surface area (Å²) in [5, 5.41) is 0. The molecule has 2 aliphatic heterocycles. The summed E-state index contributed by atoms with van der Waals surface area (Å²) in [6.45, 7) is 4.30. The summed E-state index contributed by atoms with van der Waals surface area (Å²) in [7, 11) is -12.2. The predicted molar refractivity (Wildman–Crippen MR) is 109 cm³/mol. The van der Waals surface area contributed by atoms with Crippen LogP contribution >= 0.6 is 0 Å². The number of rotatable bonds is 4. The van der Waals surface area contributed by atoms with Crippen LogP contribution in [0.2, 0.25) is 0 Å². The van der Waals surface area contributed by atoms with E-state index in [0.717, 1.165) is 18.9 Å². The van der Waals surface area contributed by atoms with Crippen molar-refractivity contribution < 1.29 is 74.1 Å². The maximum absolute atomic E-state index is 10.7. The molecule has 18 heteroatoms. The minimum Gasteiger partial charge on any atom is -0.741 e. The maximum atomic E-state index is 10.7. The van der Waals surface area contributed by atoms with Crippen LogP contribution in [0.15, 0.2) is 35.3 Å². The minimum absolute atomic E-state index is 0. The second kappa shape index (κ2) is 14.5. The average Bonchev–Trinajstić information content (AvgIpc) is 3.21. The molecule has 211 valence electrons. The Morgan fingerprint density at radius 2 is 1.33 bits per heavy atom. The molecule has 1 saturated heterocycles. The van der Waals surface area contributed by atoms with Crippen LogP contribution in [0.5, 0.6) is 0 Å². The van der Waals surface area contributed by atoms with E-state index >= 15 is 0 Å². The largest absolute Gasteiger partial charge is 2.00 e. The van der Waals surface area contributed by atoms with E-state index in [9.17, 15) is 26.3 Å². The van der Waals surface area contributed by atoms with Gasteiger partial charge in [0.2, 0.25) is 0 Å². The molecule has 2 heterocycles. The third-order valence-corrected chi connectivity index (χ3v) is 5.68. The molecule has 1 atom stereocenters. The molecular formula is C18H22CuF6N2O7S2. The molecule has 0 spiro atoms. The van der Waals surface area contributed by atoms with E-state index < -0.39 is 31.3 Å². The summed E-state index contributed by atoms with van der Waals surface area (Å²) >= 11 is 0. The fraction of sp³-hybridized carbons (Fsp3) is 0.611. The van der Waals surface area contributed by atoms with Gasteiger partial charge < -0.3 is 18.7 Å². The number of ether oxygens (including phenoxy) is 1. The number of alkyl halides is 6. The molecule has 0 aliphatic carbocycles. The third-order valence-electron chi connectivity index (χ3n) is 4.55. The summed E-state index contributed by atoms with van der Waals surface area (Å²) in [4.78, 5) is 7.24. The van der Waals surface area contributed by atoms with Crippen molar-refractivity contribution >= 4 is 26.1 Å².